The Morgan fingerprint density at radius 1 is 0.956 bits per heavy atom. The summed E-state index contributed by atoms with van der Waals surface area (Å²) in [5.74, 6) is -2.72. The lowest BCUT2D eigenvalue weighted by Gasteiger charge is -2.29. The number of hydrogen-bond donors (Lipinski definition) is 2. The van der Waals surface area contributed by atoms with Crippen LogP contribution in [0.4, 0.5) is 0 Å². The third kappa shape index (κ3) is 5.92. The van der Waals surface area contributed by atoms with Gasteiger partial charge in [-0.3, -0.25) is 9.59 Å². The molecular weight excluding hydrogens is 731 g/mol. The monoisotopic (exact) mass is 754 g/mol. The van der Waals surface area contributed by atoms with Crippen molar-refractivity contribution in [2.24, 2.45) is 0 Å². The van der Waals surface area contributed by atoms with Crippen LogP contribution in [0.1, 0.15) is 48.0 Å². The van der Waals surface area contributed by atoms with Crippen molar-refractivity contribution in [3.63, 3.8) is 0 Å². The van der Waals surface area contributed by atoms with Crippen LogP contribution >= 0.6 is 34.2 Å². The van der Waals surface area contributed by atoms with Crippen molar-refractivity contribution >= 4 is 72.8 Å². The number of nitrogens with zero attached hydrogens (tertiary/aromatic N) is 3. The molecule has 1 aliphatic heterocycles. The maximum atomic E-state index is 14.1. The van der Waals surface area contributed by atoms with Crippen LogP contribution in [0.5, 0.6) is 0 Å². The number of halogens is 2. The molecule has 4 aromatic carbocycles. The third-order valence-electron chi connectivity index (χ3n) is 7.69. The molecule has 13 heteroatoms. The molecule has 1 aromatic heterocycles. The number of carboxylic acids is 1. The van der Waals surface area contributed by atoms with E-state index in [0.717, 1.165) is 20.1 Å². The van der Waals surface area contributed by atoms with Gasteiger partial charge in [-0.15, -0.1) is 0 Å². The van der Waals surface area contributed by atoms with E-state index in [-0.39, 0.29) is 32.4 Å². The van der Waals surface area contributed by atoms with Crippen LogP contribution in [0.3, 0.4) is 0 Å². The van der Waals surface area contributed by atoms with Crippen LogP contribution in [-0.2, 0) is 23.0 Å². The predicted octanol–water partition coefficient (Wildman–Crippen LogP) is 5.61. The number of aromatic nitrogens is 2. The number of carbonyl (C=O) groups excluding carboxylic acids is 2. The summed E-state index contributed by atoms with van der Waals surface area (Å²) in [7, 11) is -4.28. The molecule has 0 spiro atoms. The van der Waals surface area contributed by atoms with Crippen molar-refractivity contribution in [1.29, 1.82) is 0 Å². The van der Waals surface area contributed by atoms with Gasteiger partial charge >= 0.3 is 5.97 Å². The maximum absolute atomic E-state index is 14.1. The Kier molecular flexibility index (Phi) is 8.14. The van der Waals surface area contributed by atoms with E-state index < -0.39 is 33.5 Å². The summed E-state index contributed by atoms with van der Waals surface area (Å²) in [6, 6.07) is 22.0. The molecule has 0 bridgehead atoms. The zero-order valence-corrected chi connectivity index (χ0v) is 27.4. The molecule has 2 heterocycles. The van der Waals surface area contributed by atoms with Gasteiger partial charge in [-0.2, -0.15) is 5.10 Å². The van der Waals surface area contributed by atoms with Crippen molar-refractivity contribution in [2.45, 2.75) is 24.8 Å². The summed E-state index contributed by atoms with van der Waals surface area (Å²) in [5.41, 5.74) is 2.12. The second-order valence-electron chi connectivity index (χ2n) is 10.5. The molecule has 5 aromatic rings. The van der Waals surface area contributed by atoms with Crippen LogP contribution < -0.4 is 4.72 Å². The van der Waals surface area contributed by atoms with Crippen LogP contribution in [0.15, 0.2) is 83.8 Å². The summed E-state index contributed by atoms with van der Waals surface area (Å²) < 4.78 is 30.8. The van der Waals surface area contributed by atoms with Gasteiger partial charge in [-0.05, 0) is 100 Å². The van der Waals surface area contributed by atoms with Crippen molar-refractivity contribution in [3.05, 3.63) is 121 Å². The Morgan fingerprint density at radius 2 is 1.69 bits per heavy atom. The summed E-state index contributed by atoms with van der Waals surface area (Å²) in [4.78, 5) is 40.7. The van der Waals surface area contributed by atoms with Crippen molar-refractivity contribution in [3.8, 4) is 5.69 Å². The number of aromatic carboxylic acids is 1. The largest absolute Gasteiger partial charge is 0.476 e. The molecule has 2 N–H and O–H groups in total. The summed E-state index contributed by atoms with van der Waals surface area (Å²) in [6.45, 7) is 2.28. The van der Waals surface area contributed by atoms with Gasteiger partial charge < -0.3 is 10.0 Å². The number of benzene rings is 4. The minimum atomic E-state index is -4.28. The quantitative estimate of drug-likeness (QED) is 0.215. The Balaban J connectivity index is 1.38. The zero-order chi connectivity index (χ0) is 32.0. The van der Waals surface area contributed by atoms with E-state index in [1.54, 1.807) is 17.9 Å². The van der Waals surface area contributed by atoms with E-state index in [9.17, 15) is 27.9 Å². The van der Waals surface area contributed by atoms with Crippen molar-refractivity contribution in [2.75, 3.05) is 6.54 Å². The first-order chi connectivity index (χ1) is 21.4. The van der Waals surface area contributed by atoms with Crippen LogP contribution in [0.25, 0.3) is 16.5 Å². The summed E-state index contributed by atoms with van der Waals surface area (Å²) in [6.07, 6.45) is 0.621. The van der Waals surface area contributed by atoms with Gasteiger partial charge in [0.15, 0.2) is 5.69 Å². The molecule has 0 radical (unpaired) electrons. The van der Waals surface area contributed by atoms with Crippen molar-refractivity contribution in [1.82, 2.24) is 19.4 Å². The van der Waals surface area contributed by atoms with Gasteiger partial charge in [-0.1, -0.05) is 48.0 Å². The highest BCUT2D eigenvalue weighted by molar-refractivity contribution is 14.1. The summed E-state index contributed by atoms with van der Waals surface area (Å²) >= 11 is 8.40. The number of nitrogens with one attached hydrogen (secondary N) is 1. The third-order valence-corrected chi connectivity index (χ3v) is 10.1. The predicted molar refractivity (Wildman–Crippen MR) is 176 cm³/mol. The van der Waals surface area contributed by atoms with Crippen LogP contribution in [0.2, 0.25) is 5.02 Å². The number of amides is 2. The van der Waals surface area contributed by atoms with Gasteiger partial charge in [0.1, 0.15) is 0 Å². The molecule has 0 saturated heterocycles. The van der Waals surface area contributed by atoms with E-state index in [4.69, 9.17) is 11.6 Å². The molecule has 45 heavy (non-hydrogen) atoms. The number of sulfonamides is 1. The Morgan fingerprint density at radius 3 is 2.42 bits per heavy atom. The van der Waals surface area contributed by atoms with E-state index in [1.165, 1.54) is 35.0 Å². The Bertz CT molecular complexity index is 2160. The minimum absolute atomic E-state index is 0.0268. The molecule has 0 fully saturated rings. The molecule has 0 aliphatic carbocycles. The van der Waals surface area contributed by atoms with Gasteiger partial charge in [0.25, 0.3) is 21.8 Å². The second kappa shape index (κ2) is 11.9. The van der Waals surface area contributed by atoms with E-state index in [2.05, 4.69) is 32.4 Å². The number of hydrogen-bond acceptors (Lipinski definition) is 6. The summed E-state index contributed by atoms with van der Waals surface area (Å²) in [5, 5.41) is 15.2. The van der Waals surface area contributed by atoms with Crippen LogP contribution in [0, 0.1) is 10.5 Å². The lowest BCUT2D eigenvalue weighted by molar-refractivity contribution is 0.0688. The highest BCUT2D eigenvalue weighted by atomic mass is 127. The fraction of sp³-hybridized carbons (Fsp3) is 0.125. The van der Waals surface area contributed by atoms with E-state index >= 15 is 0 Å². The molecular formula is C32H24ClIN4O6S. The molecule has 0 saturated carbocycles. The SMILES string of the molecule is Cc1c(Cl)c(C(=O)O)nn1-c1ccc(C(=O)NS(=O)(=O)c2ccc3ccc(I)cc3c2)cc1C(=O)N1CCc2ccccc2C1. The van der Waals surface area contributed by atoms with Crippen molar-refractivity contribution < 1.29 is 27.9 Å². The Hall–Kier alpha value is -4.27. The minimum Gasteiger partial charge on any atom is -0.476 e. The first-order valence-corrected chi connectivity index (χ1v) is 16.6. The lowest BCUT2D eigenvalue weighted by atomic mass is 9.98. The van der Waals surface area contributed by atoms with E-state index in [1.807, 2.05) is 42.5 Å². The number of carboxylic acid groups (broad SMARTS) is 1. The standard InChI is InChI=1S/C32H24ClIN4O6S/c1-18-28(33)29(32(41)42)35-38(18)27-11-8-21(16-26(27)31(40)37-13-12-19-4-2-3-5-22(19)17-37)30(39)36-45(43,44)25-10-7-20-6-9-24(34)14-23(20)15-25/h2-11,14-16H,12-13,17H2,1H3,(H,36,39)(H,41,42). The molecule has 228 valence electrons. The smallest absolute Gasteiger partial charge is 0.358 e. The molecule has 2 amide bonds. The fourth-order valence-electron chi connectivity index (χ4n) is 5.33. The molecule has 6 rings (SSSR count). The fourth-order valence-corrected chi connectivity index (χ4v) is 7.05. The topological polar surface area (TPSA) is 139 Å². The second-order valence-corrected chi connectivity index (χ2v) is 13.8. The number of fused-ring (bicyclic) bond motifs is 2. The lowest BCUT2D eigenvalue weighted by Crippen LogP contribution is -2.37. The highest BCUT2D eigenvalue weighted by Crippen LogP contribution is 2.29. The van der Waals surface area contributed by atoms with Crippen LogP contribution in [-0.4, -0.2) is 52.5 Å². The van der Waals surface area contributed by atoms with Gasteiger partial charge in [-0.25, -0.2) is 22.6 Å². The zero-order valence-electron chi connectivity index (χ0n) is 23.6. The Labute approximate surface area is 276 Å². The molecule has 0 unspecified atom stereocenters. The molecule has 10 nitrogen and oxygen atoms in total. The molecule has 1 aliphatic rings. The highest BCUT2D eigenvalue weighted by Gasteiger charge is 2.28. The molecule has 0 atom stereocenters. The maximum Gasteiger partial charge on any atom is 0.358 e. The van der Waals surface area contributed by atoms with Gasteiger partial charge in [0.2, 0.25) is 0 Å². The number of carbonyl (C=O) groups is 3. The first kappa shape index (κ1) is 30.7. The van der Waals surface area contributed by atoms with E-state index in [0.29, 0.717) is 24.9 Å². The average Bonchev–Trinajstić information content (AvgIpc) is 3.33. The first-order valence-electron chi connectivity index (χ1n) is 13.7. The van der Waals surface area contributed by atoms with Gasteiger partial charge in [0.05, 0.1) is 26.9 Å². The number of rotatable bonds is 6. The van der Waals surface area contributed by atoms with Gasteiger partial charge in [0, 0.05) is 22.2 Å². The average molecular weight is 755 g/mol. The normalized spacial score (nSPS) is 13.0.